The SMILES string of the molecule is CC(C)CCNC(=O)[C@@H](c1cccnc1)N(C(=O)Cn1nnc2ccccc21)c1ccccc1F. The molecule has 0 saturated carbocycles. The number of amides is 2. The molecule has 35 heavy (non-hydrogen) atoms. The van der Waals surface area contributed by atoms with Gasteiger partial charge >= 0.3 is 0 Å². The minimum absolute atomic E-state index is 0.00483. The van der Waals surface area contributed by atoms with Crippen molar-refractivity contribution in [2.24, 2.45) is 5.92 Å². The van der Waals surface area contributed by atoms with E-state index in [1.54, 1.807) is 36.5 Å². The lowest BCUT2D eigenvalue weighted by molar-refractivity contribution is -0.127. The third kappa shape index (κ3) is 5.51. The monoisotopic (exact) mass is 474 g/mol. The van der Waals surface area contributed by atoms with Crippen LogP contribution in [-0.4, -0.2) is 38.3 Å². The van der Waals surface area contributed by atoms with E-state index in [-0.39, 0.29) is 12.2 Å². The summed E-state index contributed by atoms with van der Waals surface area (Å²) in [4.78, 5) is 32.6. The summed E-state index contributed by atoms with van der Waals surface area (Å²) in [5.74, 6) is -1.16. The van der Waals surface area contributed by atoms with Crippen molar-refractivity contribution in [3.05, 3.63) is 84.4 Å². The number of benzene rings is 2. The number of halogens is 1. The number of nitrogens with zero attached hydrogens (tertiary/aromatic N) is 5. The molecule has 9 heteroatoms. The number of rotatable bonds is 9. The highest BCUT2D eigenvalue weighted by Gasteiger charge is 2.34. The highest BCUT2D eigenvalue weighted by atomic mass is 19.1. The van der Waals surface area contributed by atoms with Crippen LogP contribution in [0.15, 0.2) is 73.1 Å². The first kappa shape index (κ1) is 24.0. The Bertz CT molecular complexity index is 1310. The fraction of sp³-hybridized carbons (Fsp3) is 0.269. The molecule has 0 spiro atoms. The number of para-hydroxylation sites is 2. The number of nitrogens with one attached hydrogen (secondary N) is 1. The van der Waals surface area contributed by atoms with Gasteiger partial charge in [-0.15, -0.1) is 5.10 Å². The third-order valence-corrected chi connectivity index (χ3v) is 5.61. The van der Waals surface area contributed by atoms with Crippen molar-refractivity contribution < 1.29 is 14.0 Å². The van der Waals surface area contributed by atoms with Gasteiger partial charge in [-0.2, -0.15) is 0 Å². The lowest BCUT2D eigenvalue weighted by Gasteiger charge is -2.31. The van der Waals surface area contributed by atoms with Crippen LogP contribution in [0.25, 0.3) is 11.0 Å². The molecule has 8 nitrogen and oxygen atoms in total. The number of hydrogen-bond acceptors (Lipinski definition) is 5. The molecular weight excluding hydrogens is 447 g/mol. The van der Waals surface area contributed by atoms with Crippen LogP contribution in [0.4, 0.5) is 10.1 Å². The molecule has 2 amide bonds. The zero-order valence-corrected chi connectivity index (χ0v) is 19.6. The van der Waals surface area contributed by atoms with Gasteiger partial charge < -0.3 is 5.32 Å². The fourth-order valence-electron chi connectivity index (χ4n) is 3.84. The average molecular weight is 475 g/mol. The zero-order valence-electron chi connectivity index (χ0n) is 19.6. The number of anilines is 1. The summed E-state index contributed by atoms with van der Waals surface area (Å²) in [5, 5.41) is 11.1. The highest BCUT2D eigenvalue weighted by Crippen LogP contribution is 2.30. The second-order valence-electron chi connectivity index (χ2n) is 8.61. The first-order valence-corrected chi connectivity index (χ1v) is 11.5. The highest BCUT2D eigenvalue weighted by molar-refractivity contribution is 6.01. The molecule has 2 aromatic carbocycles. The molecule has 2 aromatic heterocycles. The zero-order chi connectivity index (χ0) is 24.8. The molecule has 180 valence electrons. The summed E-state index contributed by atoms with van der Waals surface area (Å²) >= 11 is 0. The van der Waals surface area contributed by atoms with Gasteiger partial charge in [-0.25, -0.2) is 9.07 Å². The Morgan fingerprint density at radius 3 is 2.57 bits per heavy atom. The average Bonchev–Trinajstić information content (AvgIpc) is 3.26. The normalized spacial score (nSPS) is 12.0. The van der Waals surface area contributed by atoms with E-state index in [4.69, 9.17) is 0 Å². The van der Waals surface area contributed by atoms with Crippen molar-refractivity contribution in [3.63, 3.8) is 0 Å². The maximum Gasteiger partial charge on any atom is 0.249 e. The van der Waals surface area contributed by atoms with Crippen LogP contribution in [0.3, 0.4) is 0 Å². The van der Waals surface area contributed by atoms with Crippen molar-refractivity contribution in [1.29, 1.82) is 0 Å². The van der Waals surface area contributed by atoms with Crippen LogP contribution in [-0.2, 0) is 16.1 Å². The predicted octanol–water partition coefficient (Wildman–Crippen LogP) is 3.90. The number of carbonyl (C=O) groups excluding carboxylic acids is 2. The van der Waals surface area contributed by atoms with Gasteiger partial charge in [0, 0.05) is 24.5 Å². The largest absolute Gasteiger partial charge is 0.354 e. The molecule has 0 aliphatic heterocycles. The van der Waals surface area contributed by atoms with Crippen LogP contribution >= 0.6 is 0 Å². The summed E-state index contributed by atoms with van der Waals surface area (Å²) in [6, 6.07) is 15.4. The lowest BCUT2D eigenvalue weighted by Crippen LogP contribution is -2.46. The van der Waals surface area contributed by atoms with Crippen molar-refractivity contribution in [2.45, 2.75) is 32.9 Å². The Balaban J connectivity index is 1.76. The Labute approximate surface area is 202 Å². The number of aromatic nitrogens is 4. The molecule has 0 aliphatic carbocycles. The molecule has 0 saturated heterocycles. The number of carbonyl (C=O) groups is 2. The second kappa shape index (κ2) is 10.9. The van der Waals surface area contributed by atoms with E-state index >= 15 is 4.39 Å². The summed E-state index contributed by atoms with van der Waals surface area (Å²) in [6.45, 7) is 4.32. The van der Waals surface area contributed by atoms with Gasteiger partial charge in [0.25, 0.3) is 0 Å². The van der Waals surface area contributed by atoms with Crippen LogP contribution in [0.1, 0.15) is 31.9 Å². The van der Waals surface area contributed by atoms with E-state index in [1.165, 1.54) is 34.0 Å². The predicted molar refractivity (Wildman–Crippen MR) is 131 cm³/mol. The molecule has 1 N–H and O–H groups in total. The van der Waals surface area contributed by atoms with Gasteiger partial charge in [0.2, 0.25) is 11.8 Å². The van der Waals surface area contributed by atoms with Gasteiger partial charge in [0.15, 0.2) is 0 Å². The quantitative estimate of drug-likeness (QED) is 0.397. The van der Waals surface area contributed by atoms with Crippen LogP contribution < -0.4 is 10.2 Å². The Morgan fingerprint density at radius 2 is 1.83 bits per heavy atom. The second-order valence-corrected chi connectivity index (χ2v) is 8.61. The molecule has 4 rings (SSSR count). The molecule has 2 heterocycles. The lowest BCUT2D eigenvalue weighted by atomic mass is 10.0. The van der Waals surface area contributed by atoms with Crippen LogP contribution in [0.2, 0.25) is 0 Å². The molecule has 0 bridgehead atoms. The van der Waals surface area contributed by atoms with Crippen molar-refractivity contribution in [3.8, 4) is 0 Å². The van der Waals surface area contributed by atoms with E-state index in [2.05, 4.69) is 34.5 Å². The van der Waals surface area contributed by atoms with Gasteiger partial charge in [0.05, 0.1) is 11.2 Å². The third-order valence-electron chi connectivity index (χ3n) is 5.61. The number of hydrogen-bond donors (Lipinski definition) is 1. The summed E-state index contributed by atoms with van der Waals surface area (Å²) < 4.78 is 16.5. The van der Waals surface area contributed by atoms with E-state index in [9.17, 15) is 9.59 Å². The fourth-order valence-corrected chi connectivity index (χ4v) is 3.84. The van der Waals surface area contributed by atoms with Crippen molar-refractivity contribution in [2.75, 3.05) is 11.4 Å². The van der Waals surface area contributed by atoms with Crippen molar-refractivity contribution in [1.82, 2.24) is 25.3 Å². The molecule has 0 aliphatic rings. The smallest absolute Gasteiger partial charge is 0.249 e. The standard InChI is InChI=1S/C26H27FN6O2/c1-18(2)13-15-29-26(35)25(19-8-7-14-28-16-19)33(22-11-5-3-9-20(22)27)24(34)17-32-23-12-6-4-10-21(23)30-31-32/h3-12,14,16,18,25H,13,15,17H2,1-2H3,(H,29,35)/t25-/m1/s1. The molecular formula is C26H27FN6O2. The van der Waals surface area contributed by atoms with E-state index < -0.39 is 23.7 Å². The maximum absolute atomic E-state index is 15.1. The number of fused-ring (bicyclic) bond motifs is 1. The van der Waals surface area contributed by atoms with Gasteiger partial charge in [-0.1, -0.05) is 49.4 Å². The van der Waals surface area contributed by atoms with Crippen LogP contribution in [0.5, 0.6) is 0 Å². The van der Waals surface area contributed by atoms with Crippen LogP contribution in [0, 0.1) is 11.7 Å². The summed E-state index contributed by atoms with van der Waals surface area (Å²) in [5.41, 5.74) is 1.76. The number of pyridine rings is 1. The first-order valence-electron chi connectivity index (χ1n) is 11.5. The Morgan fingerprint density at radius 1 is 1.06 bits per heavy atom. The Hall–Kier alpha value is -4.14. The molecule has 0 unspecified atom stereocenters. The van der Waals surface area contributed by atoms with Gasteiger partial charge in [0.1, 0.15) is 23.9 Å². The van der Waals surface area contributed by atoms with Gasteiger partial charge in [-0.3, -0.25) is 19.5 Å². The Kier molecular flexibility index (Phi) is 7.45. The molecule has 0 fully saturated rings. The maximum atomic E-state index is 15.1. The summed E-state index contributed by atoms with van der Waals surface area (Å²) in [7, 11) is 0. The van der Waals surface area contributed by atoms with E-state index in [0.717, 1.165) is 6.42 Å². The molecule has 1 atom stereocenters. The topological polar surface area (TPSA) is 93.0 Å². The van der Waals surface area contributed by atoms with E-state index in [0.29, 0.717) is 29.1 Å². The van der Waals surface area contributed by atoms with E-state index in [1.807, 2.05) is 12.1 Å². The molecule has 0 radical (unpaired) electrons. The summed E-state index contributed by atoms with van der Waals surface area (Å²) in [6.07, 6.45) is 3.86. The molecule has 4 aromatic rings. The minimum Gasteiger partial charge on any atom is -0.354 e. The first-order chi connectivity index (χ1) is 17.0. The minimum atomic E-state index is -1.13. The van der Waals surface area contributed by atoms with Gasteiger partial charge in [-0.05, 0) is 42.7 Å². The van der Waals surface area contributed by atoms with Crippen molar-refractivity contribution >= 4 is 28.5 Å².